The van der Waals surface area contributed by atoms with E-state index < -0.39 is 0 Å². The third-order valence-corrected chi connectivity index (χ3v) is 4.77. The van der Waals surface area contributed by atoms with Gasteiger partial charge in [0.25, 0.3) is 0 Å². The number of carbonyl (C=O) groups is 1. The first-order valence-corrected chi connectivity index (χ1v) is 8.65. The lowest BCUT2D eigenvalue weighted by molar-refractivity contribution is 0.181. The molecule has 1 fully saturated rings. The number of anilines is 2. The van der Waals surface area contributed by atoms with Crippen molar-refractivity contribution in [2.75, 3.05) is 37.0 Å². The maximum Gasteiger partial charge on any atom is 0.324 e. The maximum atomic E-state index is 12.6. The Bertz CT molecular complexity index is 764. The molecule has 0 saturated carbocycles. The van der Waals surface area contributed by atoms with Crippen LogP contribution < -0.4 is 15.0 Å². The van der Waals surface area contributed by atoms with Crippen molar-refractivity contribution >= 4 is 17.7 Å². The quantitative estimate of drug-likeness (QED) is 0.911. The van der Waals surface area contributed by atoms with E-state index >= 15 is 0 Å². The van der Waals surface area contributed by atoms with Crippen LogP contribution in [-0.4, -0.2) is 58.0 Å². The second-order valence-electron chi connectivity index (χ2n) is 7.12. The zero-order valence-electron chi connectivity index (χ0n) is 16.0. The molecule has 0 aliphatic carbocycles. The Kier molecular flexibility index (Phi) is 4.76. The van der Waals surface area contributed by atoms with E-state index in [2.05, 4.69) is 46.3 Å². The minimum absolute atomic E-state index is 0.168. The Balaban J connectivity index is 1.68. The first-order chi connectivity index (χ1) is 12.3. The molecule has 2 aromatic rings. The van der Waals surface area contributed by atoms with Crippen LogP contribution in [-0.2, 0) is 7.05 Å². The maximum absolute atomic E-state index is 12.6. The molecule has 1 aromatic carbocycles. The minimum Gasteiger partial charge on any atom is -0.497 e. The van der Waals surface area contributed by atoms with Gasteiger partial charge < -0.3 is 14.5 Å². The molecule has 0 bridgehead atoms. The normalized spacial score (nSPS) is 16.5. The molecule has 2 heterocycles. The van der Waals surface area contributed by atoms with E-state index in [4.69, 9.17) is 4.74 Å². The molecule has 1 N–H and O–H groups in total. The topological polar surface area (TPSA) is 75.5 Å². The number of aryl methyl sites for hydroxylation is 2. The van der Waals surface area contributed by atoms with Gasteiger partial charge in [-0.05, 0) is 45.0 Å². The van der Waals surface area contributed by atoms with Gasteiger partial charge in [0.1, 0.15) is 11.6 Å². The predicted molar refractivity (Wildman–Crippen MR) is 101 cm³/mol. The van der Waals surface area contributed by atoms with Crippen molar-refractivity contribution in [2.24, 2.45) is 7.05 Å². The molecule has 8 heteroatoms. The fourth-order valence-electron chi connectivity index (χ4n) is 3.26. The molecule has 8 nitrogen and oxygen atoms in total. The van der Waals surface area contributed by atoms with Gasteiger partial charge in [-0.15, -0.1) is 5.10 Å². The molecule has 1 saturated heterocycles. The minimum atomic E-state index is -0.197. The number of benzene rings is 1. The summed E-state index contributed by atoms with van der Waals surface area (Å²) in [6, 6.07) is 7.85. The lowest BCUT2D eigenvalue weighted by atomic mass is 9.98. The Hall–Kier alpha value is -2.77. The summed E-state index contributed by atoms with van der Waals surface area (Å²) in [5, 5.41) is 6.97. The fourth-order valence-corrected chi connectivity index (χ4v) is 3.26. The zero-order chi connectivity index (χ0) is 18.9. The molecule has 1 aliphatic rings. The molecule has 0 atom stereocenters. The Morgan fingerprint density at radius 1 is 1.23 bits per heavy atom. The van der Waals surface area contributed by atoms with Gasteiger partial charge in [-0.2, -0.15) is 4.98 Å². The van der Waals surface area contributed by atoms with Crippen LogP contribution in [0, 0.1) is 6.92 Å². The highest BCUT2D eigenvalue weighted by Crippen LogP contribution is 2.29. The number of rotatable bonds is 3. The summed E-state index contributed by atoms with van der Waals surface area (Å²) < 4.78 is 6.87. The van der Waals surface area contributed by atoms with E-state index in [0.717, 1.165) is 23.8 Å². The van der Waals surface area contributed by atoms with Gasteiger partial charge in [0, 0.05) is 32.4 Å². The average Bonchev–Trinajstić information content (AvgIpc) is 2.91. The van der Waals surface area contributed by atoms with E-state index in [0.29, 0.717) is 19.0 Å². The second-order valence-corrected chi connectivity index (χ2v) is 7.12. The number of nitrogens with one attached hydrogen (secondary N) is 1. The van der Waals surface area contributed by atoms with E-state index in [9.17, 15) is 4.79 Å². The van der Waals surface area contributed by atoms with Crippen molar-refractivity contribution in [3.63, 3.8) is 0 Å². The van der Waals surface area contributed by atoms with Crippen LogP contribution in [0.25, 0.3) is 0 Å². The summed E-state index contributed by atoms with van der Waals surface area (Å²) in [6.45, 7) is 8.12. The fraction of sp³-hybridized carbons (Fsp3) is 0.500. The molecular weight excluding hydrogens is 332 g/mol. The Morgan fingerprint density at radius 2 is 1.92 bits per heavy atom. The van der Waals surface area contributed by atoms with Crippen LogP contribution in [0.4, 0.5) is 16.4 Å². The van der Waals surface area contributed by atoms with Crippen molar-refractivity contribution in [1.29, 1.82) is 0 Å². The Morgan fingerprint density at radius 3 is 2.46 bits per heavy atom. The first-order valence-electron chi connectivity index (χ1n) is 8.65. The third kappa shape index (κ3) is 3.58. The van der Waals surface area contributed by atoms with Crippen molar-refractivity contribution in [2.45, 2.75) is 26.3 Å². The lowest BCUT2D eigenvalue weighted by Gasteiger charge is -2.48. The first kappa shape index (κ1) is 18.0. The summed E-state index contributed by atoms with van der Waals surface area (Å²) in [7, 11) is 3.46. The smallest absolute Gasteiger partial charge is 0.324 e. The molecule has 0 spiro atoms. The van der Waals surface area contributed by atoms with Gasteiger partial charge in [0.15, 0.2) is 0 Å². The van der Waals surface area contributed by atoms with Crippen molar-refractivity contribution < 1.29 is 9.53 Å². The number of methoxy groups -OCH3 is 1. The molecule has 0 unspecified atom stereocenters. The van der Waals surface area contributed by atoms with E-state index in [1.54, 1.807) is 18.8 Å². The lowest BCUT2D eigenvalue weighted by Crippen LogP contribution is -2.61. The number of aromatic nitrogens is 3. The van der Waals surface area contributed by atoms with Gasteiger partial charge >= 0.3 is 6.03 Å². The highest BCUT2D eigenvalue weighted by molar-refractivity contribution is 5.87. The average molecular weight is 358 g/mol. The van der Waals surface area contributed by atoms with E-state index in [1.807, 2.05) is 24.0 Å². The van der Waals surface area contributed by atoms with E-state index in [-0.39, 0.29) is 11.6 Å². The molecule has 0 radical (unpaired) electrons. The van der Waals surface area contributed by atoms with E-state index in [1.165, 1.54) is 0 Å². The standard InChI is InChI=1S/C18H26N6O2/c1-13-19-16(21-22(13)4)20-17(25)23-10-11-24(18(2,3)12-23)14-6-8-15(26-5)9-7-14/h6-9H,10-12H2,1-5H3,(H,20,21,25). The number of hydrogen-bond donors (Lipinski definition) is 1. The summed E-state index contributed by atoms with van der Waals surface area (Å²) in [5.74, 6) is 1.93. The highest BCUT2D eigenvalue weighted by atomic mass is 16.5. The molecule has 1 aliphatic heterocycles. The van der Waals surface area contributed by atoms with Gasteiger partial charge in [0.05, 0.1) is 12.6 Å². The van der Waals surface area contributed by atoms with Crippen molar-refractivity contribution in [3.05, 3.63) is 30.1 Å². The zero-order valence-corrected chi connectivity index (χ0v) is 16.0. The Labute approximate surface area is 153 Å². The largest absolute Gasteiger partial charge is 0.497 e. The highest BCUT2D eigenvalue weighted by Gasteiger charge is 2.36. The van der Waals surface area contributed by atoms with Crippen LogP contribution >= 0.6 is 0 Å². The summed E-state index contributed by atoms with van der Waals surface area (Å²) in [5.41, 5.74) is 0.926. The number of piperazine rings is 1. The van der Waals surface area contributed by atoms with Gasteiger partial charge in [-0.3, -0.25) is 10.00 Å². The number of nitrogens with zero attached hydrogens (tertiary/aromatic N) is 5. The molecule has 26 heavy (non-hydrogen) atoms. The number of amides is 2. The number of carbonyl (C=O) groups excluding carboxylic acids is 1. The number of hydrogen-bond acceptors (Lipinski definition) is 5. The molecule has 2 amide bonds. The van der Waals surface area contributed by atoms with Gasteiger partial charge in [-0.1, -0.05) is 0 Å². The molecule has 1 aromatic heterocycles. The predicted octanol–water partition coefficient (Wildman–Crippen LogP) is 2.26. The second kappa shape index (κ2) is 6.86. The summed E-state index contributed by atoms with van der Waals surface area (Å²) in [4.78, 5) is 21.0. The SMILES string of the molecule is COc1ccc(N2CCN(C(=O)Nc3nc(C)n(C)n3)CC2(C)C)cc1. The van der Waals surface area contributed by atoms with Crippen LogP contribution in [0.1, 0.15) is 19.7 Å². The van der Waals surface area contributed by atoms with Gasteiger partial charge in [0.2, 0.25) is 5.95 Å². The van der Waals surface area contributed by atoms with Crippen molar-refractivity contribution in [3.8, 4) is 5.75 Å². The molecule has 3 rings (SSSR count). The molecule has 140 valence electrons. The summed E-state index contributed by atoms with van der Waals surface area (Å²) >= 11 is 0. The van der Waals surface area contributed by atoms with Crippen LogP contribution in [0.15, 0.2) is 24.3 Å². The number of urea groups is 1. The number of ether oxygens (including phenoxy) is 1. The van der Waals surface area contributed by atoms with Crippen LogP contribution in [0.2, 0.25) is 0 Å². The molecular formula is C18H26N6O2. The van der Waals surface area contributed by atoms with Crippen LogP contribution in [0.5, 0.6) is 5.75 Å². The van der Waals surface area contributed by atoms with Crippen molar-refractivity contribution in [1.82, 2.24) is 19.7 Å². The third-order valence-electron chi connectivity index (χ3n) is 4.77. The summed E-state index contributed by atoms with van der Waals surface area (Å²) in [6.07, 6.45) is 0. The monoisotopic (exact) mass is 358 g/mol. The van der Waals surface area contributed by atoms with Gasteiger partial charge in [-0.25, -0.2) is 4.79 Å². The van der Waals surface area contributed by atoms with Crippen LogP contribution in [0.3, 0.4) is 0 Å².